The van der Waals surface area contributed by atoms with E-state index in [2.05, 4.69) is 25.2 Å². The van der Waals surface area contributed by atoms with Crippen molar-refractivity contribution in [2.75, 3.05) is 32.2 Å². The number of nitrogens with one attached hydrogen (secondary N) is 1. The van der Waals surface area contributed by atoms with Crippen molar-refractivity contribution in [1.29, 1.82) is 0 Å². The lowest BCUT2D eigenvalue weighted by atomic mass is 10.0. The molecule has 31 heavy (non-hydrogen) atoms. The molecule has 164 valence electrons. The number of nitrogens with zero attached hydrogens (tertiary/aromatic N) is 1. The monoisotopic (exact) mass is 422 g/mol. The lowest BCUT2D eigenvalue weighted by molar-refractivity contribution is -0.137. The largest absolute Gasteiger partial charge is 0.493 e. The molecule has 0 saturated carbocycles. The number of anilines is 1. The molecule has 6 nitrogen and oxygen atoms in total. The first kappa shape index (κ1) is 22.6. The van der Waals surface area contributed by atoms with Gasteiger partial charge in [0.1, 0.15) is 11.4 Å². The predicted octanol–water partition coefficient (Wildman–Crippen LogP) is 4.18. The molecule has 2 aromatic rings. The molecule has 0 saturated heterocycles. The molecule has 0 aromatic heterocycles. The zero-order valence-corrected chi connectivity index (χ0v) is 18.8. The van der Waals surface area contributed by atoms with Gasteiger partial charge in [0, 0.05) is 12.8 Å². The fourth-order valence-electron chi connectivity index (χ4n) is 3.52. The molecule has 3 rings (SSSR count). The molecule has 1 aliphatic heterocycles. The predicted molar refractivity (Wildman–Crippen MR) is 122 cm³/mol. The minimum absolute atomic E-state index is 0.200. The third-order valence-corrected chi connectivity index (χ3v) is 4.90. The van der Waals surface area contributed by atoms with Crippen LogP contribution in [0.2, 0.25) is 0 Å². The summed E-state index contributed by atoms with van der Waals surface area (Å²) in [5.41, 5.74) is 4.23. The molecule has 1 N–H and O–H groups in total. The molecule has 2 amide bonds. The lowest BCUT2D eigenvalue weighted by Crippen LogP contribution is -2.35. The fourth-order valence-corrected chi connectivity index (χ4v) is 3.52. The summed E-state index contributed by atoms with van der Waals surface area (Å²) in [6, 6.07) is 13.3. The summed E-state index contributed by atoms with van der Waals surface area (Å²) in [4.78, 5) is 27.5. The van der Waals surface area contributed by atoms with Crippen molar-refractivity contribution in [3.63, 3.8) is 0 Å². The van der Waals surface area contributed by atoms with Gasteiger partial charge >= 0.3 is 0 Å². The standard InChI is InChI=1S/C25H30N2O4/c1-16(2)15-31-21-8-6-19(7-9-21)22-23(25(29)27(24(22)28)10-11-30-5)26-20-13-17(3)12-18(4)14-20/h6-9,12-14,16,26H,10-11,15H2,1-5H3. The summed E-state index contributed by atoms with van der Waals surface area (Å²) in [5, 5.41) is 3.21. The van der Waals surface area contributed by atoms with Crippen LogP contribution in [-0.4, -0.2) is 43.6 Å². The molecular weight excluding hydrogens is 392 g/mol. The first-order chi connectivity index (χ1) is 14.8. The zero-order chi connectivity index (χ0) is 22.5. The van der Waals surface area contributed by atoms with Gasteiger partial charge in [0.2, 0.25) is 0 Å². The van der Waals surface area contributed by atoms with Crippen LogP contribution in [0.1, 0.15) is 30.5 Å². The highest BCUT2D eigenvalue weighted by molar-refractivity contribution is 6.36. The Morgan fingerprint density at radius 2 is 1.61 bits per heavy atom. The van der Waals surface area contributed by atoms with Crippen molar-refractivity contribution >= 4 is 23.1 Å². The summed E-state index contributed by atoms with van der Waals surface area (Å²) < 4.78 is 10.8. The van der Waals surface area contributed by atoms with Crippen LogP contribution in [-0.2, 0) is 14.3 Å². The molecule has 6 heteroatoms. The van der Waals surface area contributed by atoms with Gasteiger partial charge in [0.15, 0.2) is 0 Å². The van der Waals surface area contributed by atoms with E-state index in [1.165, 1.54) is 4.90 Å². The Hall–Kier alpha value is -3.12. The highest BCUT2D eigenvalue weighted by Crippen LogP contribution is 2.31. The molecular formula is C25H30N2O4. The third kappa shape index (κ3) is 5.33. The van der Waals surface area contributed by atoms with E-state index in [4.69, 9.17) is 9.47 Å². The first-order valence-electron chi connectivity index (χ1n) is 10.5. The highest BCUT2D eigenvalue weighted by Gasteiger charge is 2.39. The van der Waals surface area contributed by atoms with E-state index < -0.39 is 0 Å². The number of aryl methyl sites for hydroxylation is 2. The Morgan fingerprint density at radius 1 is 0.968 bits per heavy atom. The minimum Gasteiger partial charge on any atom is -0.493 e. The molecule has 0 fully saturated rings. The molecule has 0 aliphatic carbocycles. The second kappa shape index (κ2) is 9.79. The summed E-state index contributed by atoms with van der Waals surface area (Å²) >= 11 is 0. The normalized spacial score (nSPS) is 14.1. The van der Waals surface area contributed by atoms with Crippen molar-refractivity contribution < 1.29 is 19.1 Å². The summed E-state index contributed by atoms with van der Waals surface area (Å²) in [6.07, 6.45) is 0. The SMILES string of the molecule is COCCN1C(=O)C(Nc2cc(C)cc(C)c2)=C(c2ccc(OCC(C)C)cc2)C1=O. The van der Waals surface area contributed by atoms with Gasteiger partial charge in [0.05, 0.1) is 25.3 Å². The van der Waals surface area contributed by atoms with Gasteiger partial charge < -0.3 is 14.8 Å². The van der Waals surface area contributed by atoms with Crippen LogP contribution in [0.15, 0.2) is 48.2 Å². The Balaban J connectivity index is 1.97. The van der Waals surface area contributed by atoms with Gasteiger partial charge in [-0.3, -0.25) is 14.5 Å². The molecule has 1 heterocycles. The molecule has 0 radical (unpaired) electrons. The first-order valence-corrected chi connectivity index (χ1v) is 10.5. The van der Waals surface area contributed by atoms with Crippen LogP contribution in [0, 0.1) is 19.8 Å². The topological polar surface area (TPSA) is 67.9 Å². The lowest BCUT2D eigenvalue weighted by Gasteiger charge is -2.14. The number of methoxy groups -OCH3 is 1. The Bertz CT molecular complexity index is 973. The number of benzene rings is 2. The van der Waals surface area contributed by atoms with Gasteiger partial charge in [0.25, 0.3) is 11.8 Å². The number of imide groups is 1. The summed E-state index contributed by atoms with van der Waals surface area (Å²) in [7, 11) is 1.55. The molecule has 0 bridgehead atoms. The van der Waals surface area contributed by atoms with Gasteiger partial charge in [-0.15, -0.1) is 0 Å². The number of carbonyl (C=O) groups excluding carboxylic acids is 2. The van der Waals surface area contributed by atoms with Crippen molar-refractivity contribution in [2.24, 2.45) is 5.92 Å². The molecule has 0 unspecified atom stereocenters. The second-order valence-electron chi connectivity index (χ2n) is 8.24. The maximum absolute atomic E-state index is 13.2. The number of amides is 2. The van der Waals surface area contributed by atoms with E-state index in [0.717, 1.165) is 22.6 Å². The molecule has 1 aliphatic rings. The average Bonchev–Trinajstić information content (AvgIpc) is 2.94. The van der Waals surface area contributed by atoms with E-state index in [-0.39, 0.29) is 30.7 Å². The number of hydrogen-bond acceptors (Lipinski definition) is 5. The Morgan fingerprint density at radius 3 is 2.19 bits per heavy atom. The number of hydrogen-bond donors (Lipinski definition) is 1. The van der Waals surface area contributed by atoms with Crippen molar-refractivity contribution in [3.8, 4) is 5.75 Å². The quantitative estimate of drug-likeness (QED) is 0.614. The minimum atomic E-state index is -0.351. The van der Waals surface area contributed by atoms with Gasteiger partial charge in [-0.05, 0) is 60.7 Å². The molecule has 0 atom stereocenters. The summed E-state index contributed by atoms with van der Waals surface area (Å²) in [5.74, 6) is 0.468. The molecule has 0 spiro atoms. The maximum Gasteiger partial charge on any atom is 0.278 e. The highest BCUT2D eigenvalue weighted by atomic mass is 16.5. The van der Waals surface area contributed by atoms with Crippen LogP contribution < -0.4 is 10.1 Å². The van der Waals surface area contributed by atoms with Crippen LogP contribution >= 0.6 is 0 Å². The number of rotatable bonds is 9. The van der Waals surface area contributed by atoms with E-state index in [9.17, 15) is 9.59 Å². The van der Waals surface area contributed by atoms with E-state index in [1.807, 2.05) is 50.2 Å². The average molecular weight is 423 g/mol. The summed E-state index contributed by atoms with van der Waals surface area (Å²) in [6.45, 7) is 9.26. The number of ether oxygens (including phenoxy) is 2. The Kier molecular flexibility index (Phi) is 7.13. The van der Waals surface area contributed by atoms with Crippen LogP contribution in [0.5, 0.6) is 5.75 Å². The maximum atomic E-state index is 13.2. The van der Waals surface area contributed by atoms with Gasteiger partial charge in [-0.2, -0.15) is 0 Å². The third-order valence-electron chi connectivity index (χ3n) is 4.90. The van der Waals surface area contributed by atoms with E-state index in [0.29, 0.717) is 23.7 Å². The van der Waals surface area contributed by atoms with E-state index in [1.54, 1.807) is 7.11 Å². The van der Waals surface area contributed by atoms with Crippen molar-refractivity contribution in [2.45, 2.75) is 27.7 Å². The van der Waals surface area contributed by atoms with Crippen LogP contribution in [0.4, 0.5) is 5.69 Å². The molecule has 2 aromatic carbocycles. The smallest absolute Gasteiger partial charge is 0.278 e. The van der Waals surface area contributed by atoms with Crippen molar-refractivity contribution in [1.82, 2.24) is 4.90 Å². The van der Waals surface area contributed by atoms with Crippen molar-refractivity contribution in [3.05, 3.63) is 64.9 Å². The second-order valence-corrected chi connectivity index (χ2v) is 8.24. The number of carbonyl (C=O) groups is 2. The van der Waals surface area contributed by atoms with Gasteiger partial charge in [-0.25, -0.2) is 0 Å². The fraction of sp³-hybridized carbons (Fsp3) is 0.360. The Labute approximate surface area is 183 Å². The zero-order valence-electron chi connectivity index (χ0n) is 18.8. The van der Waals surface area contributed by atoms with E-state index >= 15 is 0 Å². The van der Waals surface area contributed by atoms with Crippen LogP contribution in [0.3, 0.4) is 0 Å². The van der Waals surface area contributed by atoms with Crippen LogP contribution in [0.25, 0.3) is 5.57 Å². The van der Waals surface area contributed by atoms with Gasteiger partial charge in [-0.1, -0.05) is 32.0 Å².